The molecule has 0 saturated carbocycles. The Bertz CT molecular complexity index is 417. The summed E-state index contributed by atoms with van der Waals surface area (Å²) in [6.45, 7) is 12.1. The SMILES string of the molecule is CCNC(=NCC(C)(C)NS(C)(=O)=O)NCCCC(C)C. The minimum Gasteiger partial charge on any atom is -0.357 e. The molecule has 3 N–H and O–H groups in total. The highest BCUT2D eigenvalue weighted by atomic mass is 32.2. The summed E-state index contributed by atoms with van der Waals surface area (Å²) < 4.78 is 25.2. The minimum atomic E-state index is -3.23. The van der Waals surface area contributed by atoms with Crippen molar-refractivity contribution in [3.05, 3.63) is 0 Å². The van der Waals surface area contributed by atoms with E-state index in [1.807, 2.05) is 20.8 Å². The summed E-state index contributed by atoms with van der Waals surface area (Å²) in [5.74, 6) is 1.42. The molecule has 6 nitrogen and oxygen atoms in total. The zero-order chi connectivity index (χ0) is 16.5. The normalized spacial score (nSPS) is 13.6. The lowest BCUT2D eigenvalue weighted by molar-refractivity contribution is 0.464. The van der Waals surface area contributed by atoms with Crippen molar-refractivity contribution >= 4 is 16.0 Å². The second-order valence-electron chi connectivity index (χ2n) is 6.42. The Morgan fingerprint density at radius 1 is 1.24 bits per heavy atom. The molecule has 0 saturated heterocycles. The molecular formula is C14H32N4O2S. The highest BCUT2D eigenvalue weighted by Crippen LogP contribution is 2.04. The highest BCUT2D eigenvalue weighted by molar-refractivity contribution is 7.88. The van der Waals surface area contributed by atoms with E-state index in [0.717, 1.165) is 31.7 Å². The fraction of sp³-hybridized carbons (Fsp3) is 0.929. The van der Waals surface area contributed by atoms with Crippen LogP contribution in [0.3, 0.4) is 0 Å². The van der Waals surface area contributed by atoms with Crippen molar-refractivity contribution in [2.45, 2.75) is 53.0 Å². The number of hydrogen-bond acceptors (Lipinski definition) is 3. The average molecular weight is 321 g/mol. The van der Waals surface area contributed by atoms with Gasteiger partial charge in [0.05, 0.1) is 12.8 Å². The predicted octanol–water partition coefficient (Wildman–Crippen LogP) is 1.31. The summed E-state index contributed by atoms with van der Waals surface area (Å²) in [5, 5.41) is 6.44. The number of aliphatic imine (C=N–C) groups is 1. The highest BCUT2D eigenvalue weighted by Gasteiger charge is 2.21. The van der Waals surface area contributed by atoms with Gasteiger partial charge in [0, 0.05) is 18.6 Å². The molecule has 0 atom stereocenters. The third-order valence-corrected chi connectivity index (χ3v) is 3.61. The molecule has 0 aromatic rings. The smallest absolute Gasteiger partial charge is 0.209 e. The molecule has 0 aromatic heterocycles. The maximum atomic E-state index is 11.3. The van der Waals surface area contributed by atoms with Crippen LogP contribution in [0.4, 0.5) is 0 Å². The maximum absolute atomic E-state index is 11.3. The van der Waals surface area contributed by atoms with Gasteiger partial charge >= 0.3 is 0 Å². The van der Waals surface area contributed by atoms with Gasteiger partial charge in [0.15, 0.2) is 5.96 Å². The topological polar surface area (TPSA) is 82.6 Å². The van der Waals surface area contributed by atoms with Gasteiger partial charge in [-0.15, -0.1) is 0 Å². The largest absolute Gasteiger partial charge is 0.357 e. The van der Waals surface area contributed by atoms with Crippen LogP contribution >= 0.6 is 0 Å². The molecule has 7 heteroatoms. The zero-order valence-corrected chi connectivity index (χ0v) is 15.1. The van der Waals surface area contributed by atoms with E-state index in [4.69, 9.17) is 0 Å². The van der Waals surface area contributed by atoms with E-state index in [9.17, 15) is 8.42 Å². The molecule has 126 valence electrons. The standard InChI is InChI=1S/C14H32N4O2S/c1-7-15-13(16-10-8-9-12(2)3)17-11-14(4,5)18-21(6,19)20/h12,18H,7-11H2,1-6H3,(H2,15,16,17). The minimum absolute atomic E-state index is 0.375. The fourth-order valence-corrected chi connectivity index (χ4v) is 2.94. The summed E-state index contributed by atoms with van der Waals surface area (Å²) >= 11 is 0. The number of guanidine groups is 1. The third kappa shape index (κ3) is 12.6. The first-order valence-electron chi connectivity index (χ1n) is 7.57. The summed E-state index contributed by atoms with van der Waals surface area (Å²) in [4.78, 5) is 4.45. The molecule has 0 spiro atoms. The second kappa shape index (κ2) is 9.25. The summed E-state index contributed by atoms with van der Waals surface area (Å²) in [6.07, 6.45) is 3.43. The molecule has 0 bridgehead atoms. The van der Waals surface area contributed by atoms with E-state index in [1.54, 1.807) is 0 Å². The first-order chi connectivity index (χ1) is 9.56. The van der Waals surface area contributed by atoms with Crippen LogP contribution in [0.1, 0.15) is 47.5 Å². The van der Waals surface area contributed by atoms with Gasteiger partial charge in [0.2, 0.25) is 10.0 Å². The van der Waals surface area contributed by atoms with Gasteiger partial charge in [-0.05, 0) is 39.5 Å². The molecule has 0 unspecified atom stereocenters. The average Bonchev–Trinajstić information content (AvgIpc) is 2.28. The van der Waals surface area contributed by atoms with E-state index in [1.165, 1.54) is 6.42 Å². The molecule has 0 rings (SSSR count). The Morgan fingerprint density at radius 2 is 1.86 bits per heavy atom. The van der Waals surface area contributed by atoms with Gasteiger partial charge < -0.3 is 10.6 Å². The predicted molar refractivity (Wildman–Crippen MR) is 90.1 cm³/mol. The lowest BCUT2D eigenvalue weighted by Gasteiger charge is -2.23. The lowest BCUT2D eigenvalue weighted by atomic mass is 10.1. The number of hydrogen-bond donors (Lipinski definition) is 3. The number of nitrogens with zero attached hydrogens (tertiary/aromatic N) is 1. The quantitative estimate of drug-likeness (QED) is 0.340. The second-order valence-corrected chi connectivity index (χ2v) is 8.16. The summed E-state index contributed by atoms with van der Waals surface area (Å²) in [5.41, 5.74) is -0.603. The van der Waals surface area contributed by atoms with Crippen molar-refractivity contribution in [2.24, 2.45) is 10.9 Å². The Morgan fingerprint density at radius 3 is 2.33 bits per heavy atom. The Kier molecular flexibility index (Phi) is 8.89. The molecule has 21 heavy (non-hydrogen) atoms. The summed E-state index contributed by atoms with van der Waals surface area (Å²) in [6, 6.07) is 0. The van der Waals surface area contributed by atoms with Gasteiger partial charge in [-0.2, -0.15) is 0 Å². The van der Waals surface area contributed by atoms with Crippen molar-refractivity contribution in [3.8, 4) is 0 Å². The van der Waals surface area contributed by atoms with Crippen LogP contribution in [0.2, 0.25) is 0 Å². The number of rotatable bonds is 9. The maximum Gasteiger partial charge on any atom is 0.209 e. The van der Waals surface area contributed by atoms with Crippen molar-refractivity contribution in [2.75, 3.05) is 25.9 Å². The van der Waals surface area contributed by atoms with E-state index in [2.05, 4.69) is 34.2 Å². The third-order valence-electron chi connectivity index (χ3n) is 2.69. The molecule has 0 radical (unpaired) electrons. The van der Waals surface area contributed by atoms with Gasteiger partial charge in [0.1, 0.15) is 0 Å². The van der Waals surface area contributed by atoms with Crippen LogP contribution in [0.15, 0.2) is 4.99 Å². The van der Waals surface area contributed by atoms with Crippen molar-refractivity contribution in [3.63, 3.8) is 0 Å². The lowest BCUT2D eigenvalue weighted by Crippen LogP contribution is -2.46. The van der Waals surface area contributed by atoms with Crippen LogP contribution in [0, 0.1) is 5.92 Å². The molecule has 0 aliphatic carbocycles. The van der Waals surface area contributed by atoms with Gasteiger partial charge in [0.25, 0.3) is 0 Å². The fourth-order valence-electron chi connectivity index (χ4n) is 1.87. The molecule has 0 aliphatic heterocycles. The number of nitrogens with one attached hydrogen (secondary N) is 3. The van der Waals surface area contributed by atoms with E-state index in [0.29, 0.717) is 12.5 Å². The van der Waals surface area contributed by atoms with Crippen LogP contribution in [0.25, 0.3) is 0 Å². The van der Waals surface area contributed by atoms with Crippen molar-refractivity contribution < 1.29 is 8.42 Å². The Labute approximate surface area is 130 Å². The zero-order valence-electron chi connectivity index (χ0n) is 14.3. The van der Waals surface area contributed by atoms with Crippen LogP contribution in [-0.2, 0) is 10.0 Å². The van der Waals surface area contributed by atoms with E-state index >= 15 is 0 Å². The molecule has 0 amide bonds. The first kappa shape index (κ1) is 20.2. The first-order valence-corrected chi connectivity index (χ1v) is 9.46. The molecule has 0 aromatic carbocycles. The molecule has 0 fully saturated rings. The monoisotopic (exact) mass is 320 g/mol. The van der Waals surface area contributed by atoms with Gasteiger partial charge in [-0.1, -0.05) is 13.8 Å². The van der Waals surface area contributed by atoms with Crippen LogP contribution in [0.5, 0.6) is 0 Å². The van der Waals surface area contributed by atoms with Gasteiger partial charge in [-0.3, -0.25) is 4.99 Å². The number of sulfonamides is 1. The summed E-state index contributed by atoms with van der Waals surface area (Å²) in [7, 11) is -3.23. The van der Waals surface area contributed by atoms with Crippen molar-refractivity contribution in [1.82, 2.24) is 15.4 Å². The molecule has 0 heterocycles. The van der Waals surface area contributed by atoms with E-state index < -0.39 is 15.6 Å². The molecular weight excluding hydrogens is 288 g/mol. The van der Waals surface area contributed by atoms with Crippen LogP contribution in [-0.4, -0.2) is 45.8 Å². The van der Waals surface area contributed by atoms with Crippen molar-refractivity contribution in [1.29, 1.82) is 0 Å². The Balaban J connectivity index is 4.44. The van der Waals surface area contributed by atoms with Gasteiger partial charge in [-0.25, -0.2) is 13.1 Å². The molecule has 0 aliphatic rings. The Hall–Kier alpha value is -0.820. The van der Waals surface area contributed by atoms with Crippen LogP contribution < -0.4 is 15.4 Å². The van der Waals surface area contributed by atoms with E-state index in [-0.39, 0.29) is 0 Å².